The lowest BCUT2D eigenvalue weighted by atomic mass is 10.1. The lowest BCUT2D eigenvalue weighted by Crippen LogP contribution is -2.50. The van der Waals surface area contributed by atoms with E-state index >= 15 is 0 Å². The molecule has 1 unspecified atom stereocenters. The van der Waals surface area contributed by atoms with E-state index in [9.17, 15) is 18.0 Å². The van der Waals surface area contributed by atoms with E-state index < -0.39 is 18.3 Å². The molecule has 1 aliphatic heterocycles. The molecule has 1 N–H and O–H groups in total. The van der Waals surface area contributed by atoms with Gasteiger partial charge in [-0.3, -0.25) is 9.78 Å². The van der Waals surface area contributed by atoms with Crippen LogP contribution in [0.15, 0.2) is 48.8 Å². The van der Waals surface area contributed by atoms with Crippen LogP contribution in [0.2, 0.25) is 0 Å². The number of nitrogens with zero attached hydrogens (tertiary/aromatic N) is 2. The second kappa shape index (κ2) is 9.05. The summed E-state index contributed by atoms with van der Waals surface area (Å²) in [7, 11) is 0. The largest absolute Gasteiger partial charge is 0.483 e. The second-order valence-corrected chi connectivity index (χ2v) is 5.88. The SMILES string of the molecule is Cl.O=C(COc1ccccc1C(F)(F)F)N1CCNCC1c1cccnc1. The molecule has 1 saturated heterocycles. The molecule has 1 aromatic heterocycles. The molecule has 1 atom stereocenters. The highest BCUT2D eigenvalue weighted by Crippen LogP contribution is 2.36. The maximum absolute atomic E-state index is 13.0. The third-order valence-electron chi connectivity index (χ3n) is 4.18. The van der Waals surface area contributed by atoms with Gasteiger partial charge in [-0.1, -0.05) is 18.2 Å². The minimum Gasteiger partial charge on any atom is -0.483 e. The number of nitrogens with one attached hydrogen (secondary N) is 1. The molecule has 0 bridgehead atoms. The Morgan fingerprint density at radius 2 is 2.04 bits per heavy atom. The van der Waals surface area contributed by atoms with Crippen molar-refractivity contribution in [3.63, 3.8) is 0 Å². The summed E-state index contributed by atoms with van der Waals surface area (Å²) in [5.41, 5.74) is -0.0272. The van der Waals surface area contributed by atoms with Gasteiger partial charge < -0.3 is 15.0 Å². The molecule has 9 heteroatoms. The highest BCUT2D eigenvalue weighted by molar-refractivity contribution is 5.85. The third kappa shape index (κ3) is 5.11. The zero-order chi connectivity index (χ0) is 18.6. The number of pyridine rings is 1. The van der Waals surface area contributed by atoms with E-state index in [1.807, 2.05) is 6.07 Å². The van der Waals surface area contributed by atoms with Crippen molar-refractivity contribution in [1.29, 1.82) is 0 Å². The predicted molar refractivity (Wildman–Crippen MR) is 95.7 cm³/mol. The van der Waals surface area contributed by atoms with Crippen LogP contribution in [0, 0.1) is 0 Å². The van der Waals surface area contributed by atoms with Crippen molar-refractivity contribution in [2.75, 3.05) is 26.2 Å². The fraction of sp³-hybridized carbons (Fsp3) is 0.333. The molecule has 0 aliphatic carbocycles. The summed E-state index contributed by atoms with van der Waals surface area (Å²) in [6.45, 7) is 1.16. The summed E-state index contributed by atoms with van der Waals surface area (Å²) >= 11 is 0. The number of hydrogen-bond donors (Lipinski definition) is 1. The predicted octanol–water partition coefficient (Wildman–Crippen LogP) is 3.07. The molecule has 0 radical (unpaired) electrons. The highest BCUT2D eigenvalue weighted by Gasteiger charge is 2.34. The van der Waals surface area contributed by atoms with E-state index in [-0.39, 0.29) is 30.1 Å². The number of para-hydroxylation sites is 1. The summed E-state index contributed by atoms with van der Waals surface area (Å²) in [6, 6.07) is 8.29. The summed E-state index contributed by atoms with van der Waals surface area (Å²) in [5.74, 6) is -0.709. The van der Waals surface area contributed by atoms with E-state index in [0.29, 0.717) is 19.6 Å². The average Bonchev–Trinajstić information content (AvgIpc) is 2.66. The Morgan fingerprint density at radius 3 is 2.74 bits per heavy atom. The van der Waals surface area contributed by atoms with Crippen molar-refractivity contribution in [3.8, 4) is 5.75 Å². The van der Waals surface area contributed by atoms with Crippen LogP contribution in [0.1, 0.15) is 17.2 Å². The van der Waals surface area contributed by atoms with Gasteiger partial charge in [-0.2, -0.15) is 13.2 Å². The number of rotatable bonds is 4. The standard InChI is InChI=1S/C18H18F3N3O2.ClH/c19-18(20,21)14-5-1-2-6-16(14)26-12-17(25)24-9-8-23-11-15(24)13-4-3-7-22-10-13;/h1-7,10,15,23H,8-9,11-12H2;1H. The normalized spacial score (nSPS) is 17.1. The molecule has 1 aliphatic rings. The lowest BCUT2D eigenvalue weighted by molar-refractivity contribution is -0.142. The maximum Gasteiger partial charge on any atom is 0.419 e. The van der Waals surface area contributed by atoms with E-state index in [1.165, 1.54) is 18.2 Å². The summed E-state index contributed by atoms with van der Waals surface area (Å²) in [4.78, 5) is 18.3. The fourth-order valence-electron chi connectivity index (χ4n) is 2.92. The first-order chi connectivity index (χ1) is 12.5. The van der Waals surface area contributed by atoms with Gasteiger partial charge in [-0.25, -0.2) is 0 Å². The molecular weight excluding hydrogens is 383 g/mol. The number of aromatic nitrogens is 1. The van der Waals surface area contributed by atoms with Gasteiger partial charge in [-0.15, -0.1) is 12.4 Å². The van der Waals surface area contributed by atoms with Crippen molar-refractivity contribution in [1.82, 2.24) is 15.2 Å². The van der Waals surface area contributed by atoms with Crippen LogP contribution >= 0.6 is 12.4 Å². The van der Waals surface area contributed by atoms with E-state index in [1.54, 1.807) is 23.4 Å². The number of carbonyl (C=O) groups is 1. The Balaban J connectivity index is 0.00000261. The molecule has 2 aromatic rings. The van der Waals surface area contributed by atoms with Crippen LogP contribution in [0.25, 0.3) is 0 Å². The van der Waals surface area contributed by atoms with Crippen LogP contribution in [-0.2, 0) is 11.0 Å². The molecule has 0 saturated carbocycles. The quantitative estimate of drug-likeness (QED) is 0.855. The first kappa shape index (κ1) is 21.0. The van der Waals surface area contributed by atoms with Gasteiger partial charge in [0.1, 0.15) is 5.75 Å². The molecule has 1 amide bonds. The molecule has 0 spiro atoms. The van der Waals surface area contributed by atoms with Gasteiger partial charge in [0.05, 0.1) is 11.6 Å². The first-order valence-electron chi connectivity index (χ1n) is 8.16. The monoisotopic (exact) mass is 401 g/mol. The molecule has 146 valence electrons. The molecule has 1 fully saturated rings. The Hall–Kier alpha value is -2.32. The van der Waals surface area contributed by atoms with Crippen molar-refractivity contribution in [2.24, 2.45) is 0 Å². The Labute approximate surface area is 160 Å². The van der Waals surface area contributed by atoms with Crippen LogP contribution < -0.4 is 10.1 Å². The minimum atomic E-state index is -4.53. The Morgan fingerprint density at radius 1 is 1.26 bits per heavy atom. The number of amides is 1. The lowest BCUT2D eigenvalue weighted by Gasteiger charge is -2.36. The number of ether oxygens (including phenoxy) is 1. The second-order valence-electron chi connectivity index (χ2n) is 5.88. The van der Waals surface area contributed by atoms with Crippen molar-refractivity contribution < 1.29 is 22.7 Å². The summed E-state index contributed by atoms with van der Waals surface area (Å²) in [6.07, 6.45) is -1.21. The maximum atomic E-state index is 13.0. The molecule has 3 rings (SSSR count). The minimum absolute atomic E-state index is 0. The van der Waals surface area contributed by atoms with E-state index in [0.717, 1.165) is 11.6 Å². The smallest absolute Gasteiger partial charge is 0.419 e. The molecular formula is C18H19ClF3N3O2. The van der Waals surface area contributed by atoms with Crippen molar-refractivity contribution >= 4 is 18.3 Å². The van der Waals surface area contributed by atoms with Gasteiger partial charge in [0.25, 0.3) is 5.91 Å². The van der Waals surface area contributed by atoms with E-state index in [2.05, 4.69) is 10.3 Å². The number of halogens is 4. The molecule has 27 heavy (non-hydrogen) atoms. The average molecular weight is 402 g/mol. The Bertz CT molecular complexity index is 759. The first-order valence-corrected chi connectivity index (χ1v) is 8.16. The van der Waals surface area contributed by atoms with Crippen LogP contribution in [-0.4, -0.2) is 42.0 Å². The van der Waals surface area contributed by atoms with Gasteiger partial charge >= 0.3 is 6.18 Å². The highest BCUT2D eigenvalue weighted by atomic mass is 35.5. The zero-order valence-electron chi connectivity index (χ0n) is 14.3. The summed E-state index contributed by atoms with van der Waals surface area (Å²) in [5, 5.41) is 3.21. The van der Waals surface area contributed by atoms with Crippen LogP contribution in [0.5, 0.6) is 5.75 Å². The van der Waals surface area contributed by atoms with Gasteiger partial charge in [-0.05, 0) is 23.8 Å². The molecule has 2 heterocycles. The van der Waals surface area contributed by atoms with Crippen molar-refractivity contribution in [3.05, 3.63) is 59.9 Å². The van der Waals surface area contributed by atoms with Gasteiger partial charge in [0.15, 0.2) is 6.61 Å². The molecule has 1 aromatic carbocycles. The number of hydrogen-bond acceptors (Lipinski definition) is 4. The topological polar surface area (TPSA) is 54.5 Å². The number of piperazine rings is 1. The summed E-state index contributed by atoms with van der Waals surface area (Å²) < 4.78 is 44.3. The number of carbonyl (C=O) groups excluding carboxylic acids is 1. The van der Waals surface area contributed by atoms with E-state index in [4.69, 9.17) is 4.74 Å². The molecule has 5 nitrogen and oxygen atoms in total. The van der Waals surface area contributed by atoms with Crippen molar-refractivity contribution in [2.45, 2.75) is 12.2 Å². The number of alkyl halides is 3. The van der Waals surface area contributed by atoms with Gasteiger partial charge in [0.2, 0.25) is 0 Å². The van der Waals surface area contributed by atoms with Gasteiger partial charge in [0, 0.05) is 32.0 Å². The number of benzene rings is 1. The third-order valence-corrected chi connectivity index (χ3v) is 4.18. The zero-order valence-corrected chi connectivity index (χ0v) is 15.1. The Kier molecular flexibility index (Phi) is 7.04. The van der Waals surface area contributed by atoms with Crippen LogP contribution in [0.3, 0.4) is 0 Å². The van der Waals surface area contributed by atoms with Crippen LogP contribution in [0.4, 0.5) is 13.2 Å². The fourth-order valence-corrected chi connectivity index (χ4v) is 2.92.